The van der Waals surface area contributed by atoms with Crippen LogP contribution in [0.15, 0.2) is 70.6 Å². The van der Waals surface area contributed by atoms with Crippen LogP contribution in [0.5, 0.6) is 11.5 Å². The van der Waals surface area contributed by atoms with Crippen molar-refractivity contribution < 1.29 is 14.3 Å². The van der Waals surface area contributed by atoms with E-state index in [0.717, 1.165) is 22.4 Å². The Morgan fingerprint density at radius 1 is 1.00 bits per heavy atom. The summed E-state index contributed by atoms with van der Waals surface area (Å²) in [5.74, 6) is 1.44. The smallest absolute Gasteiger partial charge is 0.266 e. The fraction of sp³-hybridized carbons (Fsp3) is 0.267. The van der Waals surface area contributed by atoms with E-state index in [2.05, 4.69) is 13.8 Å². The number of amides is 1. The van der Waals surface area contributed by atoms with Gasteiger partial charge in [-0.3, -0.25) is 9.69 Å². The Labute approximate surface area is 238 Å². The lowest BCUT2D eigenvalue weighted by atomic mass is 10.1. The minimum atomic E-state index is -0.0507. The summed E-state index contributed by atoms with van der Waals surface area (Å²) in [5, 5.41) is 1.80. The van der Waals surface area contributed by atoms with Crippen molar-refractivity contribution in [2.45, 2.75) is 34.3 Å². The third-order valence-corrected chi connectivity index (χ3v) is 7.25. The molecule has 1 aliphatic heterocycles. The van der Waals surface area contributed by atoms with Gasteiger partial charge in [-0.1, -0.05) is 66.9 Å². The monoisotopic (exact) mass is 568 g/mol. The number of ether oxygens (including phenoxy) is 2. The summed E-state index contributed by atoms with van der Waals surface area (Å²) in [5.41, 5.74) is 3.64. The van der Waals surface area contributed by atoms with Gasteiger partial charge in [0.05, 0.1) is 17.2 Å². The van der Waals surface area contributed by atoms with E-state index in [4.69, 9.17) is 37.7 Å². The molecular weight excluding hydrogens is 539 g/mol. The number of rotatable bonds is 9. The molecule has 0 aliphatic carbocycles. The first kappa shape index (κ1) is 28.1. The molecule has 4 rings (SSSR count). The van der Waals surface area contributed by atoms with Gasteiger partial charge in [0.2, 0.25) is 0 Å². The van der Waals surface area contributed by atoms with Gasteiger partial charge in [-0.2, -0.15) is 0 Å². The van der Waals surface area contributed by atoms with Gasteiger partial charge in [-0.15, -0.1) is 0 Å². The number of hydrogen-bond donors (Lipinski definition) is 0. The van der Waals surface area contributed by atoms with Gasteiger partial charge < -0.3 is 9.47 Å². The van der Waals surface area contributed by atoms with E-state index in [0.29, 0.717) is 50.7 Å². The van der Waals surface area contributed by atoms with Crippen LogP contribution in [-0.2, 0) is 11.4 Å². The van der Waals surface area contributed by atoms with Crippen LogP contribution in [0.4, 0.5) is 5.69 Å². The number of amidine groups is 1. The summed E-state index contributed by atoms with van der Waals surface area (Å²) >= 11 is 13.7. The molecule has 1 fully saturated rings. The number of aliphatic imine (C=N–C) groups is 1. The first-order valence-corrected chi connectivity index (χ1v) is 14.0. The normalized spacial score (nSPS) is 15.7. The van der Waals surface area contributed by atoms with Crippen molar-refractivity contribution in [3.05, 3.63) is 92.3 Å². The Kier molecular flexibility index (Phi) is 9.42. The highest BCUT2D eigenvalue weighted by atomic mass is 35.5. The van der Waals surface area contributed by atoms with Crippen LogP contribution in [-0.4, -0.2) is 29.1 Å². The fourth-order valence-corrected chi connectivity index (χ4v) is 5.27. The van der Waals surface area contributed by atoms with Crippen LogP contribution in [0.1, 0.15) is 37.5 Å². The number of halogens is 2. The summed E-state index contributed by atoms with van der Waals surface area (Å²) in [6, 6.07) is 18.9. The molecule has 0 atom stereocenters. The van der Waals surface area contributed by atoms with Crippen molar-refractivity contribution in [3.8, 4) is 11.5 Å². The van der Waals surface area contributed by atoms with Gasteiger partial charge in [0, 0.05) is 22.2 Å². The average molecular weight is 570 g/mol. The second-order valence-electron chi connectivity index (χ2n) is 9.31. The molecular formula is C30H30Cl2N2O3S. The SMILES string of the molecule is CCOc1cc(/C=C2/SC(=Nc3ccc(C)cc3)N(CC(C)C)C2=O)ccc1OCc1ccc(Cl)cc1Cl. The molecule has 1 amide bonds. The topological polar surface area (TPSA) is 51.1 Å². The molecule has 1 aliphatic rings. The molecule has 0 unspecified atom stereocenters. The van der Waals surface area contributed by atoms with E-state index in [9.17, 15) is 4.79 Å². The number of carbonyl (C=O) groups is 1. The highest BCUT2D eigenvalue weighted by Crippen LogP contribution is 2.37. The molecule has 0 bridgehead atoms. The molecule has 0 saturated carbocycles. The Morgan fingerprint density at radius 3 is 2.45 bits per heavy atom. The number of benzene rings is 3. The molecule has 3 aromatic carbocycles. The lowest BCUT2D eigenvalue weighted by Gasteiger charge is -2.17. The average Bonchev–Trinajstić information content (AvgIpc) is 3.14. The highest BCUT2D eigenvalue weighted by molar-refractivity contribution is 8.18. The van der Waals surface area contributed by atoms with Crippen molar-refractivity contribution in [3.63, 3.8) is 0 Å². The van der Waals surface area contributed by atoms with Gasteiger partial charge in [-0.25, -0.2) is 4.99 Å². The van der Waals surface area contributed by atoms with Gasteiger partial charge in [0.15, 0.2) is 16.7 Å². The van der Waals surface area contributed by atoms with E-state index in [-0.39, 0.29) is 12.5 Å². The first-order chi connectivity index (χ1) is 18.2. The van der Waals surface area contributed by atoms with Gasteiger partial charge >= 0.3 is 0 Å². The van der Waals surface area contributed by atoms with Crippen LogP contribution < -0.4 is 9.47 Å². The van der Waals surface area contributed by atoms with Crippen LogP contribution in [0, 0.1) is 12.8 Å². The molecule has 0 N–H and O–H groups in total. The maximum absolute atomic E-state index is 13.4. The lowest BCUT2D eigenvalue weighted by molar-refractivity contribution is -0.122. The highest BCUT2D eigenvalue weighted by Gasteiger charge is 2.33. The summed E-state index contributed by atoms with van der Waals surface area (Å²) in [6.45, 7) is 9.48. The predicted molar refractivity (Wildman–Crippen MR) is 159 cm³/mol. The van der Waals surface area contributed by atoms with Crippen molar-refractivity contribution >= 4 is 57.8 Å². The van der Waals surface area contributed by atoms with Gasteiger partial charge in [0.1, 0.15) is 6.61 Å². The van der Waals surface area contributed by atoms with Gasteiger partial charge in [-0.05, 0) is 79.6 Å². The van der Waals surface area contributed by atoms with E-state index in [1.165, 1.54) is 11.8 Å². The maximum atomic E-state index is 13.4. The molecule has 0 radical (unpaired) electrons. The molecule has 198 valence electrons. The summed E-state index contributed by atoms with van der Waals surface area (Å²) in [4.78, 5) is 20.5. The summed E-state index contributed by atoms with van der Waals surface area (Å²) < 4.78 is 11.9. The minimum absolute atomic E-state index is 0.0507. The molecule has 0 aromatic heterocycles. The third-order valence-electron chi connectivity index (χ3n) is 5.66. The Balaban J connectivity index is 1.59. The Hall–Kier alpha value is -2.93. The maximum Gasteiger partial charge on any atom is 0.266 e. The lowest BCUT2D eigenvalue weighted by Crippen LogP contribution is -2.32. The van der Waals surface area contributed by atoms with E-state index in [1.807, 2.05) is 68.5 Å². The van der Waals surface area contributed by atoms with Crippen LogP contribution in [0.3, 0.4) is 0 Å². The molecule has 3 aromatic rings. The zero-order chi connectivity index (χ0) is 27.2. The Morgan fingerprint density at radius 2 is 1.76 bits per heavy atom. The van der Waals surface area contributed by atoms with Crippen molar-refractivity contribution in [1.29, 1.82) is 0 Å². The molecule has 1 heterocycles. The molecule has 0 spiro atoms. The van der Waals surface area contributed by atoms with Gasteiger partial charge in [0.25, 0.3) is 5.91 Å². The largest absolute Gasteiger partial charge is 0.490 e. The zero-order valence-electron chi connectivity index (χ0n) is 21.8. The second-order valence-corrected chi connectivity index (χ2v) is 11.2. The third kappa shape index (κ3) is 7.13. The summed E-state index contributed by atoms with van der Waals surface area (Å²) in [6.07, 6.45) is 1.88. The number of carbonyl (C=O) groups excluding carboxylic acids is 1. The van der Waals surface area contributed by atoms with Crippen LogP contribution in [0.2, 0.25) is 10.0 Å². The number of nitrogens with zero attached hydrogens (tertiary/aromatic N) is 2. The molecule has 8 heteroatoms. The first-order valence-electron chi connectivity index (χ1n) is 12.4. The zero-order valence-corrected chi connectivity index (χ0v) is 24.2. The van der Waals surface area contributed by atoms with Crippen molar-refractivity contribution in [1.82, 2.24) is 4.90 Å². The second kappa shape index (κ2) is 12.7. The van der Waals surface area contributed by atoms with Crippen molar-refractivity contribution in [2.24, 2.45) is 10.9 Å². The predicted octanol–water partition coefficient (Wildman–Crippen LogP) is 8.54. The molecule has 38 heavy (non-hydrogen) atoms. The van der Waals surface area contributed by atoms with E-state index < -0.39 is 0 Å². The number of aryl methyl sites for hydroxylation is 1. The van der Waals surface area contributed by atoms with Crippen molar-refractivity contribution in [2.75, 3.05) is 13.2 Å². The van der Waals surface area contributed by atoms with Crippen LogP contribution in [0.25, 0.3) is 6.08 Å². The number of hydrogen-bond acceptors (Lipinski definition) is 5. The minimum Gasteiger partial charge on any atom is -0.490 e. The molecule has 1 saturated heterocycles. The summed E-state index contributed by atoms with van der Waals surface area (Å²) in [7, 11) is 0. The van der Waals surface area contributed by atoms with E-state index in [1.54, 1.807) is 17.0 Å². The quantitative estimate of drug-likeness (QED) is 0.242. The standard InChI is InChI=1S/C30H30Cl2N2O3S/c1-5-36-27-14-21(8-13-26(27)37-18-22-9-10-23(31)16-25(22)32)15-28-29(35)34(17-19(2)3)30(38-28)33-24-11-6-20(4)7-12-24/h6-16,19H,5,17-18H2,1-4H3/b28-15+,33-30?. The fourth-order valence-electron chi connectivity index (χ4n) is 3.79. The molecule has 5 nitrogen and oxygen atoms in total. The number of thioether (sulfide) groups is 1. The van der Waals surface area contributed by atoms with E-state index >= 15 is 0 Å². The van der Waals surface area contributed by atoms with Crippen LogP contribution >= 0.6 is 35.0 Å². The Bertz CT molecular complexity index is 1370.